The molecule has 2 aliphatic rings. The highest BCUT2D eigenvalue weighted by molar-refractivity contribution is 5.96. The molecule has 1 N–H and O–H groups in total. The summed E-state index contributed by atoms with van der Waals surface area (Å²) in [4.78, 5) is 27.5. The summed E-state index contributed by atoms with van der Waals surface area (Å²) in [6.45, 7) is 1.05. The van der Waals surface area contributed by atoms with Crippen molar-refractivity contribution in [1.82, 2.24) is 10.2 Å². The van der Waals surface area contributed by atoms with E-state index in [2.05, 4.69) is 5.32 Å². The summed E-state index contributed by atoms with van der Waals surface area (Å²) < 4.78 is 16.1. The zero-order valence-electron chi connectivity index (χ0n) is 16.5. The molecule has 1 spiro atoms. The average Bonchev–Trinajstić information content (AvgIpc) is 3.33. The van der Waals surface area contributed by atoms with E-state index in [1.807, 2.05) is 0 Å². The molecule has 0 unspecified atom stereocenters. The monoisotopic (exact) mass is 376 g/mol. The fourth-order valence-corrected chi connectivity index (χ4v) is 4.63. The van der Waals surface area contributed by atoms with Gasteiger partial charge in [-0.05, 0) is 25.0 Å². The zero-order chi connectivity index (χ0) is 19.6. The first-order valence-electron chi connectivity index (χ1n) is 9.30. The second kappa shape index (κ2) is 7.66. The molecule has 2 fully saturated rings. The molecule has 0 radical (unpaired) electrons. The van der Waals surface area contributed by atoms with E-state index in [9.17, 15) is 9.59 Å². The Hall–Kier alpha value is -2.44. The van der Waals surface area contributed by atoms with Crippen LogP contribution in [0, 0.1) is 11.3 Å². The molecule has 1 saturated heterocycles. The third kappa shape index (κ3) is 3.31. The van der Waals surface area contributed by atoms with Crippen molar-refractivity contribution >= 4 is 11.8 Å². The van der Waals surface area contributed by atoms with Crippen molar-refractivity contribution in [2.75, 3.05) is 41.5 Å². The summed E-state index contributed by atoms with van der Waals surface area (Å²) in [5.74, 6) is 1.09. The lowest BCUT2D eigenvalue weighted by molar-refractivity contribution is -0.127. The van der Waals surface area contributed by atoms with Crippen molar-refractivity contribution in [2.45, 2.75) is 25.7 Å². The lowest BCUT2D eigenvalue weighted by Crippen LogP contribution is -2.38. The van der Waals surface area contributed by atoms with Crippen LogP contribution in [-0.2, 0) is 4.79 Å². The Morgan fingerprint density at radius 3 is 2.15 bits per heavy atom. The molecule has 2 amide bonds. The van der Waals surface area contributed by atoms with Crippen LogP contribution in [0.25, 0.3) is 0 Å². The van der Waals surface area contributed by atoms with Crippen LogP contribution in [0.15, 0.2) is 12.1 Å². The summed E-state index contributed by atoms with van der Waals surface area (Å²) in [7, 11) is 6.24. The number of nitrogens with zero attached hydrogens (tertiary/aromatic N) is 1. The van der Waals surface area contributed by atoms with Crippen molar-refractivity contribution in [3.05, 3.63) is 17.7 Å². The molecule has 1 atom stereocenters. The Kier molecular flexibility index (Phi) is 5.48. The summed E-state index contributed by atoms with van der Waals surface area (Å²) in [6, 6.07) is 3.33. The van der Waals surface area contributed by atoms with Crippen LogP contribution in [0.2, 0.25) is 0 Å². The van der Waals surface area contributed by atoms with Gasteiger partial charge in [0.1, 0.15) is 0 Å². The predicted octanol–water partition coefficient (Wildman–Crippen LogP) is 2.09. The van der Waals surface area contributed by atoms with Gasteiger partial charge in [-0.15, -0.1) is 0 Å². The topological polar surface area (TPSA) is 77.1 Å². The first-order valence-corrected chi connectivity index (χ1v) is 9.30. The molecule has 3 rings (SSSR count). The Morgan fingerprint density at radius 2 is 1.67 bits per heavy atom. The van der Waals surface area contributed by atoms with E-state index in [1.165, 1.54) is 21.3 Å². The molecule has 1 saturated carbocycles. The number of hydrogen-bond donors (Lipinski definition) is 1. The number of likely N-dealkylation sites (tertiary alicyclic amines) is 1. The van der Waals surface area contributed by atoms with Gasteiger partial charge in [0.15, 0.2) is 11.5 Å². The number of amides is 2. The predicted molar refractivity (Wildman–Crippen MR) is 100 cm³/mol. The van der Waals surface area contributed by atoms with Crippen LogP contribution < -0.4 is 19.5 Å². The molecule has 27 heavy (non-hydrogen) atoms. The van der Waals surface area contributed by atoms with Gasteiger partial charge in [-0.3, -0.25) is 9.59 Å². The molecule has 7 nitrogen and oxygen atoms in total. The van der Waals surface area contributed by atoms with Gasteiger partial charge in [0.05, 0.1) is 27.2 Å². The number of rotatable bonds is 5. The lowest BCUT2D eigenvalue weighted by Gasteiger charge is -2.28. The van der Waals surface area contributed by atoms with Gasteiger partial charge in [0, 0.05) is 31.1 Å². The zero-order valence-corrected chi connectivity index (χ0v) is 16.5. The van der Waals surface area contributed by atoms with Crippen LogP contribution >= 0.6 is 0 Å². The van der Waals surface area contributed by atoms with Crippen molar-refractivity contribution in [2.24, 2.45) is 11.3 Å². The molecule has 0 bridgehead atoms. The van der Waals surface area contributed by atoms with E-state index in [1.54, 1.807) is 24.1 Å². The van der Waals surface area contributed by atoms with Crippen LogP contribution in [0.3, 0.4) is 0 Å². The highest BCUT2D eigenvalue weighted by Gasteiger charge is 2.52. The smallest absolute Gasteiger partial charge is 0.254 e. The molecule has 1 aliphatic heterocycles. The van der Waals surface area contributed by atoms with E-state index in [0.717, 1.165) is 25.7 Å². The minimum Gasteiger partial charge on any atom is -0.493 e. The minimum atomic E-state index is -0.156. The first-order chi connectivity index (χ1) is 13.0. The first kappa shape index (κ1) is 19.3. The number of nitrogens with one attached hydrogen (secondary N) is 1. The summed E-state index contributed by atoms with van der Waals surface area (Å²) in [5, 5.41) is 2.78. The van der Waals surface area contributed by atoms with Crippen molar-refractivity contribution in [3.63, 3.8) is 0 Å². The number of ether oxygens (including phenoxy) is 3. The van der Waals surface area contributed by atoms with E-state index < -0.39 is 0 Å². The molecular weight excluding hydrogens is 348 g/mol. The van der Waals surface area contributed by atoms with Gasteiger partial charge < -0.3 is 24.4 Å². The van der Waals surface area contributed by atoms with Gasteiger partial charge in [-0.1, -0.05) is 12.8 Å². The van der Waals surface area contributed by atoms with Gasteiger partial charge in [0.25, 0.3) is 5.91 Å². The summed E-state index contributed by atoms with van der Waals surface area (Å²) in [5.41, 5.74) is 0.367. The fourth-order valence-electron chi connectivity index (χ4n) is 4.63. The van der Waals surface area contributed by atoms with E-state index in [4.69, 9.17) is 14.2 Å². The number of hydrogen-bond acceptors (Lipinski definition) is 5. The maximum Gasteiger partial charge on any atom is 0.254 e. The number of benzene rings is 1. The Bertz CT molecular complexity index is 702. The van der Waals surface area contributed by atoms with E-state index >= 15 is 0 Å². The second-order valence-electron chi connectivity index (χ2n) is 7.34. The molecule has 1 aliphatic carbocycles. The number of carbonyl (C=O) groups excluding carboxylic acids is 2. The summed E-state index contributed by atoms with van der Waals surface area (Å²) in [6.07, 6.45) is 4.20. The Morgan fingerprint density at radius 1 is 1.07 bits per heavy atom. The highest BCUT2D eigenvalue weighted by Crippen LogP contribution is 2.49. The lowest BCUT2D eigenvalue weighted by atomic mass is 9.76. The maximum atomic E-state index is 13.2. The highest BCUT2D eigenvalue weighted by atomic mass is 16.5. The second-order valence-corrected chi connectivity index (χ2v) is 7.34. The molecule has 1 aromatic rings. The standard InChI is InChI=1S/C20H28N2O5/c1-21-18(23)14-11-22(12-20(14)7-5-6-8-20)19(24)13-9-15(25-2)17(27-4)16(10-13)26-3/h9-10,14H,5-8,11-12H2,1-4H3,(H,21,23)/t14-/m1/s1. The molecule has 1 aromatic carbocycles. The van der Waals surface area contributed by atoms with E-state index in [-0.39, 0.29) is 23.1 Å². The van der Waals surface area contributed by atoms with Crippen LogP contribution in [0.1, 0.15) is 36.0 Å². The van der Waals surface area contributed by atoms with Crippen molar-refractivity contribution in [1.29, 1.82) is 0 Å². The quantitative estimate of drug-likeness (QED) is 0.852. The van der Waals surface area contributed by atoms with E-state index in [0.29, 0.717) is 35.9 Å². The van der Waals surface area contributed by atoms with Gasteiger partial charge in [0.2, 0.25) is 11.7 Å². The molecular formula is C20H28N2O5. The number of carbonyl (C=O) groups is 2. The number of methoxy groups -OCH3 is 3. The molecule has 148 valence electrons. The van der Waals surface area contributed by atoms with Gasteiger partial charge in [-0.25, -0.2) is 0 Å². The molecule has 0 aromatic heterocycles. The summed E-state index contributed by atoms with van der Waals surface area (Å²) >= 11 is 0. The minimum absolute atomic E-state index is 0.0251. The normalized spacial score (nSPS) is 20.6. The average molecular weight is 376 g/mol. The van der Waals surface area contributed by atoms with Crippen molar-refractivity contribution < 1.29 is 23.8 Å². The van der Waals surface area contributed by atoms with Crippen LogP contribution in [0.4, 0.5) is 0 Å². The SMILES string of the molecule is CNC(=O)[C@H]1CN(C(=O)c2cc(OC)c(OC)c(OC)c2)CC12CCCC2. The Balaban J connectivity index is 1.91. The Labute approximate surface area is 160 Å². The van der Waals surface area contributed by atoms with Crippen LogP contribution in [-0.4, -0.2) is 58.2 Å². The van der Waals surface area contributed by atoms with Crippen LogP contribution in [0.5, 0.6) is 17.2 Å². The largest absolute Gasteiger partial charge is 0.493 e. The third-order valence-electron chi connectivity index (χ3n) is 6.01. The maximum absolute atomic E-state index is 13.2. The van der Waals surface area contributed by atoms with Gasteiger partial charge in [-0.2, -0.15) is 0 Å². The fraction of sp³-hybridized carbons (Fsp3) is 0.600. The third-order valence-corrected chi connectivity index (χ3v) is 6.01. The molecule has 1 heterocycles. The molecule has 7 heteroatoms. The van der Waals surface area contributed by atoms with Gasteiger partial charge >= 0.3 is 0 Å². The van der Waals surface area contributed by atoms with Crippen molar-refractivity contribution in [3.8, 4) is 17.2 Å².